The van der Waals surface area contributed by atoms with Gasteiger partial charge in [-0.15, -0.1) is 22.7 Å². The van der Waals surface area contributed by atoms with Crippen LogP contribution in [0.4, 0.5) is 5.69 Å². The summed E-state index contributed by atoms with van der Waals surface area (Å²) in [6.07, 6.45) is 0. The minimum absolute atomic E-state index is 0.0591. The van der Waals surface area contributed by atoms with E-state index in [9.17, 15) is 9.59 Å². The molecule has 5 nitrogen and oxygen atoms in total. The highest BCUT2D eigenvalue weighted by Gasteiger charge is 2.17. The summed E-state index contributed by atoms with van der Waals surface area (Å²) in [6.45, 7) is 4.42. The molecule has 0 aliphatic carbocycles. The Hall–Kier alpha value is -2.48. The van der Waals surface area contributed by atoms with Crippen LogP contribution in [-0.4, -0.2) is 24.9 Å². The summed E-state index contributed by atoms with van der Waals surface area (Å²) in [6, 6.07) is 15.3. The largest absolute Gasteiger partial charge is 0.352 e. The number of carbonyl (C=O) groups excluding carboxylic acids is 2. The fraction of sp³-hybridized carbons (Fsp3) is 0.238. The van der Waals surface area contributed by atoms with E-state index in [0.29, 0.717) is 24.3 Å². The second-order valence-corrected chi connectivity index (χ2v) is 8.49. The van der Waals surface area contributed by atoms with Crippen LogP contribution in [0.1, 0.15) is 27.0 Å². The van der Waals surface area contributed by atoms with Crippen LogP contribution in [0.25, 0.3) is 0 Å². The van der Waals surface area contributed by atoms with Gasteiger partial charge in [0.05, 0.1) is 9.75 Å². The van der Waals surface area contributed by atoms with Crippen LogP contribution in [0.3, 0.4) is 0 Å². The first-order chi connectivity index (χ1) is 13.6. The molecule has 1 aromatic carbocycles. The molecule has 0 saturated heterocycles. The summed E-state index contributed by atoms with van der Waals surface area (Å²) in [5, 5.41) is 9.83. The van der Waals surface area contributed by atoms with Crippen molar-refractivity contribution in [3.05, 3.63) is 74.6 Å². The zero-order chi connectivity index (χ0) is 19.8. The molecule has 7 heteroatoms. The van der Waals surface area contributed by atoms with Crippen molar-refractivity contribution in [2.24, 2.45) is 0 Å². The van der Waals surface area contributed by atoms with Gasteiger partial charge in [0.15, 0.2) is 6.54 Å². The number of hydrogen-bond donors (Lipinski definition) is 3. The van der Waals surface area contributed by atoms with E-state index in [1.165, 1.54) is 14.7 Å². The summed E-state index contributed by atoms with van der Waals surface area (Å²) in [7, 11) is 0. The first-order valence-electron chi connectivity index (χ1n) is 9.20. The Morgan fingerprint density at radius 2 is 1.64 bits per heavy atom. The molecule has 0 aliphatic rings. The van der Waals surface area contributed by atoms with E-state index in [4.69, 9.17) is 0 Å². The lowest BCUT2D eigenvalue weighted by Crippen LogP contribution is -3.10. The average molecular weight is 415 g/mol. The Morgan fingerprint density at radius 1 is 0.964 bits per heavy atom. The number of nitrogens with one attached hydrogen (secondary N) is 3. The Kier molecular flexibility index (Phi) is 7.36. The molecule has 0 saturated carbocycles. The smallest absolute Gasteiger partial charge is 0.279 e. The number of quaternary nitrogens is 1. The fourth-order valence-corrected chi connectivity index (χ4v) is 4.49. The molecule has 0 bridgehead atoms. The quantitative estimate of drug-likeness (QED) is 0.504. The highest BCUT2D eigenvalue weighted by molar-refractivity contribution is 7.10. The molecule has 0 radical (unpaired) electrons. The third-order valence-electron chi connectivity index (χ3n) is 4.17. The van der Waals surface area contributed by atoms with Crippen molar-refractivity contribution >= 4 is 40.2 Å². The molecule has 28 heavy (non-hydrogen) atoms. The number of rotatable bonds is 9. The van der Waals surface area contributed by atoms with E-state index in [1.807, 2.05) is 19.1 Å². The van der Waals surface area contributed by atoms with Crippen LogP contribution in [0.2, 0.25) is 0 Å². The molecule has 0 spiro atoms. The molecule has 0 unspecified atom stereocenters. The van der Waals surface area contributed by atoms with E-state index >= 15 is 0 Å². The summed E-state index contributed by atoms with van der Waals surface area (Å²) in [5.41, 5.74) is 1.18. The van der Waals surface area contributed by atoms with Crippen LogP contribution in [0, 0.1) is 0 Å². The number of benzene rings is 1. The zero-order valence-corrected chi connectivity index (χ0v) is 17.4. The van der Waals surface area contributed by atoms with E-state index in [2.05, 4.69) is 33.5 Å². The van der Waals surface area contributed by atoms with E-state index in [-0.39, 0.29) is 11.8 Å². The lowest BCUT2D eigenvalue weighted by molar-refractivity contribution is -0.918. The van der Waals surface area contributed by atoms with Crippen molar-refractivity contribution in [2.75, 3.05) is 18.4 Å². The van der Waals surface area contributed by atoms with Gasteiger partial charge in [0.2, 0.25) is 0 Å². The predicted octanol–water partition coefficient (Wildman–Crippen LogP) is 2.78. The van der Waals surface area contributed by atoms with Gasteiger partial charge in [0.25, 0.3) is 11.8 Å². The Labute approximate surface area is 173 Å². The standard InChI is InChI=1S/C21H23N3O2S2/c1-2-22-21(26)16-6-3-7-17(12-16)23-20(25)15-24(13-18-8-4-10-27-18)14-19-9-5-11-28-19/h3-12H,2,13-15H2,1H3,(H,22,26)(H,23,25)/p+1. The summed E-state index contributed by atoms with van der Waals surface area (Å²) in [4.78, 5) is 28.4. The van der Waals surface area contributed by atoms with Crippen molar-refractivity contribution in [1.82, 2.24) is 5.32 Å². The fourth-order valence-electron chi connectivity index (χ4n) is 2.94. The molecule has 0 aliphatic heterocycles. The number of carbonyl (C=O) groups is 2. The molecule has 146 valence electrons. The van der Waals surface area contributed by atoms with Gasteiger partial charge in [0.1, 0.15) is 13.1 Å². The lowest BCUT2D eigenvalue weighted by Gasteiger charge is -2.18. The second-order valence-electron chi connectivity index (χ2n) is 6.43. The highest BCUT2D eigenvalue weighted by Crippen LogP contribution is 2.11. The third kappa shape index (κ3) is 6.02. The number of anilines is 1. The maximum Gasteiger partial charge on any atom is 0.279 e. The summed E-state index contributed by atoms with van der Waals surface area (Å²) >= 11 is 3.42. The van der Waals surface area contributed by atoms with Gasteiger partial charge in [-0.25, -0.2) is 0 Å². The normalized spacial score (nSPS) is 10.8. The van der Waals surface area contributed by atoms with Crippen molar-refractivity contribution in [3.8, 4) is 0 Å². The van der Waals surface area contributed by atoms with Crippen LogP contribution in [-0.2, 0) is 17.9 Å². The lowest BCUT2D eigenvalue weighted by atomic mass is 10.2. The molecular formula is C21H24N3O2S2+. The minimum Gasteiger partial charge on any atom is -0.352 e. The molecule has 3 rings (SSSR count). The molecule has 2 aromatic heterocycles. The molecule has 3 N–H and O–H groups in total. The van der Waals surface area contributed by atoms with Gasteiger partial charge in [-0.05, 0) is 48.0 Å². The van der Waals surface area contributed by atoms with Crippen molar-refractivity contribution in [1.29, 1.82) is 0 Å². The molecular weight excluding hydrogens is 390 g/mol. The first-order valence-corrected chi connectivity index (χ1v) is 11.0. The second kappa shape index (κ2) is 10.2. The topological polar surface area (TPSA) is 62.6 Å². The Morgan fingerprint density at radius 3 is 2.21 bits per heavy atom. The Bertz CT molecular complexity index is 856. The first kappa shape index (κ1) is 20.3. The summed E-state index contributed by atoms with van der Waals surface area (Å²) in [5.74, 6) is -0.197. The molecule has 0 fully saturated rings. The van der Waals surface area contributed by atoms with Gasteiger partial charge >= 0.3 is 0 Å². The zero-order valence-electron chi connectivity index (χ0n) is 15.7. The van der Waals surface area contributed by atoms with Crippen LogP contribution < -0.4 is 15.5 Å². The van der Waals surface area contributed by atoms with Gasteiger partial charge in [-0.2, -0.15) is 0 Å². The monoisotopic (exact) mass is 414 g/mol. The van der Waals surface area contributed by atoms with E-state index in [0.717, 1.165) is 13.1 Å². The predicted molar refractivity (Wildman–Crippen MR) is 115 cm³/mol. The maximum absolute atomic E-state index is 12.7. The highest BCUT2D eigenvalue weighted by atomic mass is 32.1. The molecule has 0 atom stereocenters. The molecule has 2 heterocycles. The minimum atomic E-state index is -0.138. The van der Waals surface area contributed by atoms with Crippen molar-refractivity contribution < 1.29 is 14.5 Å². The van der Waals surface area contributed by atoms with Gasteiger partial charge < -0.3 is 15.5 Å². The van der Waals surface area contributed by atoms with Gasteiger partial charge in [-0.3, -0.25) is 9.59 Å². The van der Waals surface area contributed by atoms with Crippen molar-refractivity contribution in [3.63, 3.8) is 0 Å². The number of thiophene rings is 2. The SMILES string of the molecule is CCNC(=O)c1cccc(NC(=O)C[NH+](Cc2cccs2)Cc2cccs2)c1. The van der Waals surface area contributed by atoms with E-state index < -0.39 is 0 Å². The molecule has 2 amide bonds. The van der Waals surface area contributed by atoms with Crippen LogP contribution in [0.15, 0.2) is 59.3 Å². The van der Waals surface area contributed by atoms with Crippen LogP contribution >= 0.6 is 22.7 Å². The number of amides is 2. The third-order valence-corrected chi connectivity index (χ3v) is 5.92. The van der Waals surface area contributed by atoms with Gasteiger partial charge in [0, 0.05) is 17.8 Å². The maximum atomic E-state index is 12.7. The van der Waals surface area contributed by atoms with E-state index in [1.54, 1.807) is 46.9 Å². The molecule has 3 aromatic rings. The Balaban J connectivity index is 1.64. The van der Waals surface area contributed by atoms with Gasteiger partial charge in [-0.1, -0.05) is 18.2 Å². The van der Waals surface area contributed by atoms with Crippen molar-refractivity contribution in [2.45, 2.75) is 20.0 Å². The number of hydrogen-bond acceptors (Lipinski definition) is 4. The summed E-state index contributed by atoms with van der Waals surface area (Å²) < 4.78 is 0. The average Bonchev–Trinajstić information content (AvgIpc) is 3.36. The van der Waals surface area contributed by atoms with Crippen LogP contribution in [0.5, 0.6) is 0 Å².